The van der Waals surface area contributed by atoms with Gasteiger partial charge in [-0.2, -0.15) is 5.26 Å². The third-order valence-corrected chi connectivity index (χ3v) is 9.96. The maximum atomic E-state index is 10.9. The molecular formula is C47H29N5. The number of para-hydroxylation sites is 4. The highest BCUT2D eigenvalue weighted by Crippen LogP contribution is 2.43. The van der Waals surface area contributed by atoms with Gasteiger partial charge in [0.2, 0.25) is 0 Å². The van der Waals surface area contributed by atoms with Crippen LogP contribution in [0.5, 0.6) is 0 Å². The number of benzene rings is 7. The quantitative estimate of drug-likeness (QED) is 0.184. The number of hydrogen-bond acceptors (Lipinski definition) is 3. The van der Waals surface area contributed by atoms with E-state index in [4.69, 9.17) is 9.97 Å². The van der Waals surface area contributed by atoms with Gasteiger partial charge in [0.05, 0.1) is 33.5 Å². The lowest BCUT2D eigenvalue weighted by Gasteiger charge is -2.15. The monoisotopic (exact) mass is 663 g/mol. The first-order valence-electron chi connectivity index (χ1n) is 17.3. The zero-order chi connectivity index (χ0) is 34.6. The highest BCUT2D eigenvalue weighted by atomic mass is 15.0. The highest BCUT2D eigenvalue weighted by Gasteiger charge is 2.24. The Balaban J connectivity index is 1.36. The summed E-state index contributed by atoms with van der Waals surface area (Å²) in [5, 5.41) is 15.4. The van der Waals surface area contributed by atoms with Crippen LogP contribution in [0.3, 0.4) is 0 Å². The van der Waals surface area contributed by atoms with Crippen molar-refractivity contribution in [3.8, 4) is 51.3 Å². The fraction of sp³-hybridized carbons (Fsp3) is 0. The molecule has 5 nitrogen and oxygen atoms in total. The number of nitriles is 1. The Bertz CT molecular complexity index is 2990. The maximum Gasteiger partial charge on any atom is 0.160 e. The fourth-order valence-electron chi connectivity index (χ4n) is 7.70. The van der Waals surface area contributed by atoms with Crippen LogP contribution in [0.2, 0.25) is 0 Å². The second-order valence-corrected chi connectivity index (χ2v) is 12.9. The lowest BCUT2D eigenvalue weighted by molar-refractivity contribution is 1.15. The van der Waals surface area contributed by atoms with E-state index in [0.29, 0.717) is 22.8 Å². The topological polar surface area (TPSA) is 59.4 Å². The summed E-state index contributed by atoms with van der Waals surface area (Å²) in [5.41, 5.74) is 10.8. The van der Waals surface area contributed by atoms with Crippen LogP contribution in [-0.2, 0) is 0 Å². The van der Waals surface area contributed by atoms with Gasteiger partial charge < -0.3 is 9.13 Å². The van der Waals surface area contributed by atoms with E-state index in [0.717, 1.165) is 60.9 Å². The third-order valence-electron chi connectivity index (χ3n) is 9.96. The Morgan fingerprint density at radius 2 is 0.942 bits per heavy atom. The van der Waals surface area contributed by atoms with Crippen molar-refractivity contribution in [3.63, 3.8) is 0 Å². The van der Waals surface area contributed by atoms with E-state index in [1.54, 1.807) is 0 Å². The van der Waals surface area contributed by atoms with E-state index in [2.05, 4.69) is 124 Å². The van der Waals surface area contributed by atoms with Crippen LogP contribution < -0.4 is 0 Å². The van der Waals surface area contributed by atoms with Gasteiger partial charge in [0.1, 0.15) is 11.6 Å². The molecule has 0 aliphatic rings. The number of hydrogen-bond donors (Lipinski definition) is 0. The molecule has 10 rings (SSSR count). The van der Waals surface area contributed by atoms with Crippen molar-refractivity contribution in [1.29, 1.82) is 5.26 Å². The van der Waals surface area contributed by atoms with Crippen LogP contribution in [0, 0.1) is 11.3 Å². The van der Waals surface area contributed by atoms with E-state index in [1.165, 1.54) is 10.8 Å². The van der Waals surface area contributed by atoms with E-state index < -0.39 is 0 Å². The summed E-state index contributed by atoms with van der Waals surface area (Å²) in [6.45, 7) is 0. The van der Waals surface area contributed by atoms with Crippen LogP contribution in [0.15, 0.2) is 176 Å². The molecule has 0 spiro atoms. The second kappa shape index (κ2) is 11.9. The molecule has 10 aromatic rings. The smallest absolute Gasteiger partial charge is 0.160 e. The molecule has 7 aromatic carbocycles. The minimum absolute atomic E-state index is 0.440. The molecule has 0 unspecified atom stereocenters. The zero-order valence-electron chi connectivity index (χ0n) is 28.0. The maximum absolute atomic E-state index is 10.9. The Labute approximate surface area is 299 Å². The van der Waals surface area contributed by atoms with Crippen LogP contribution in [0.4, 0.5) is 0 Å². The van der Waals surface area contributed by atoms with Gasteiger partial charge in [-0.15, -0.1) is 0 Å². The summed E-state index contributed by atoms with van der Waals surface area (Å²) < 4.78 is 4.69. The van der Waals surface area contributed by atoms with E-state index in [-0.39, 0.29) is 0 Å². The van der Waals surface area contributed by atoms with Crippen LogP contribution >= 0.6 is 0 Å². The largest absolute Gasteiger partial charge is 0.309 e. The Morgan fingerprint density at radius 3 is 1.62 bits per heavy atom. The van der Waals surface area contributed by atoms with Crippen molar-refractivity contribution in [2.45, 2.75) is 0 Å². The molecule has 0 radical (unpaired) electrons. The second-order valence-electron chi connectivity index (χ2n) is 12.9. The summed E-state index contributed by atoms with van der Waals surface area (Å²) in [7, 11) is 0. The van der Waals surface area contributed by atoms with Gasteiger partial charge in [-0.05, 0) is 42.5 Å². The van der Waals surface area contributed by atoms with Gasteiger partial charge in [-0.25, -0.2) is 9.97 Å². The van der Waals surface area contributed by atoms with Gasteiger partial charge in [0.25, 0.3) is 0 Å². The molecule has 0 amide bonds. The molecule has 0 N–H and O–H groups in total. The molecule has 0 aliphatic carbocycles. The molecule has 242 valence electrons. The van der Waals surface area contributed by atoms with Gasteiger partial charge in [-0.3, -0.25) is 0 Å². The lowest BCUT2D eigenvalue weighted by Crippen LogP contribution is -2.02. The van der Waals surface area contributed by atoms with Crippen molar-refractivity contribution in [2.75, 3.05) is 0 Å². The van der Waals surface area contributed by atoms with E-state index >= 15 is 0 Å². The zero-order valence-corrected chi connectivity index (χ0v) is 28.0. The Morgan fingerprint density at radius 1 is 0.423 bits per heavy atom. The van der Waals surface area contributed by atoms with Crippen LogP contribution in [0.25, 0.3) is 88.9 Å². The minimum Gasteiger partial charge on any atom is -0.309 e. The standard InChI is InChI=1S/C47H29N5/c48-30-40-44(31-16-5-1-6-17-31)49-47(32-18-7-2-8-19-32)50-45(40)37-26-15-25-36-39-29-42-38(28-43(39)52(46(36)37)34-22-11-4-12-23-34)35-24-13-14-27-41(35)51(42)33-20-9-3-10-21-33/h1-29H. The molecular weight excluding hydrogens is 635 g/mol. The Kier molecular flexibility index (Phi) is 6.80. The first kappa shape index (κ1) is 29.6. The average Bonchev–Trinajstić information content (AvgIpc) is 3.73. The van der Waals surface area contributed by atoms with Crippen molar-refractivity contribution in [2.24, 2.45) is 0 Å². The molecule has 3 heterocycles. The predicted octanol–water partition coefficient (Wildman–Crippen LogP) is 11.5. The van der Waals surface area contributed by atoms with E-state index in [9.17, 15) is 5.26 Å². The molecule has 0 aliphatic heterocycles. The molecule has 0 saturated heterocycles. The number of nitrogens with zero attached hydrogens (tertiary/aromatic N) is 5. The van der Waals surface area contributed by atoms with Crippen molar-refractivity contribution >= 4 is 43.6 Å². The van der Waals surface area contributed by atoms with Crippen LogP contribution in [0.1, 0.15) is 5.56 Å². The minimum atomic E-state index is 0.440. The van der Waals surface area contributed by atoms with Gasteiger partial charge >= 0.3 is 0 Å². The molecule has 5 heteroatoms. The number of fused-ring (bicyclic) bond motifs is 6. The Hall–Kier alpha value is -7.29. The molecule has 52 heavy (non-hydrogen) atoms. The number of rotatable bonds is 5. The van der Waals surface area contributed by atoms with E-state index in [1.807, 2.05) is 66.7 Å². The summed E-state index contributed by atoms with van der Waals surface area (Å²) in [6, 6.07) is 63.1. The van der Waals surface area contributed by atoms with Gasteiger partial charge in [-0.1, -0.05) is 133 Å². The third kappa shape index (κ3) is 4.56. The molecule has 3 aromatic heterocycles. The first-order chi connectivity index (χ1) is 25.8. The SMILES string of the molecule is N#Cc1c(-c2ccccc2)nc(-c2ccccc2)nc1-c1cccc2c3cc4c(cc3n(-c3ccccc3)c12)c1ccccc1n4-c1ccccc1. The predicted molar refractivity (Wildman–Crippen MR) is 212 cm³/mol. The molecule has 0 bridgehead atoms. The van der Waals surface area contributed by atoms with Crippen LogP contribution in [-0.4, -0.2) is 19.1 Å². The molecule has 0 saturated carbocycles. The van der Waals surface area contributed by atoms with Crippen molar-refractivity contribution in [1.82, 2.24) is 19.1 Å². The summed E-state index contributed by atoms with van der Waals surface area (Å²) >= 11 is 0. The summed E-state index contributed by atoms with van der Waals surface area (Å²) in [6.07, 6.45) is 0. The molecule has 0 atom stereocenters. The highest BCUT2D eigenvalue weighted by molar-refractivity contribution is 6.20. The van der Waals surface area contributed by atoms with Crippen molar-refractivity contribution in [3.05, 3.63) is 181 Å². The molecule has 0 fully saturated rings. The first-order valence-corrected chi connectivity index (χ1v) is 17.3. The number of aromatic nitrogens is 4. The summed E-state index contributed by atoms with van der Waals surface area (Å²) in [4.78, 5) is 10.2. The fourth-order valence-corrected chi connectivity index (χ4v) is 7.70. The van der Waals surface area contributed by atoms with Gasteiger partial charge in [0, 0.05) is 49.6 Å². The lowest BCUT2D eigenvalue weighted by atomic mass is 9.98. The summed E-state index contributed by atoms with van der Waals surface area (Å²) in [5.74, 6) is 0.571. The normalized spacial score (nSPS) is 11.4. The average molecular weight is 664 g/mol. The van der Waals surface area contributed by atoms with Gasteiger partial charge in [0.15, 0.2) is 5.82 Å². The van der Waals surface area contributed by atoms with Crippen molar-refractivity contribution < 1.29 is 0 Å².